The van der Waals surface area contributed by atoms with Crippen LogP contribution in [0.4, 0.5) is 0 Å². The standard InChI is InChI=1S/C14H20N2O7/c1-3-4-9(17)22-6-8-10(18)11(19)13(23-8)16-5-7(2)12(20)15-14(16)21/h5,8,10-11,13,18-19H,3-4,6H2,1-2H3,(H,15,20,21)/t8-,10+,11-,13-/m1/s1. The number of carbonyl (C=O) groups excluding carboxylic acids is 1. The highest BCUT2D eigenvalue weighted by Gasteiger charge is 2.44. The molecule has 0 bridgehead atoms. The van der Waals surface area contributed by atoms with Crippen LogP contribution in [0, 0.1) is 6.92 Å². The molecule has 1 saturated heterocycles. The Kier molecular flexibility index (Phi) is 5.34. The number of aliphatic hydroxyl groups is 2. The second-order valence-corrected chi connectivity index (χ2v) is 5.46. The van der Waals surface area contributed by atoms with Gasteiger partial charge in [-0.2, -0.15) is 0 Å². The van der Waals surface area contributed by atoms with E-state index in [0.717, 1.165) is 4.57 Å². The molecule has 128 valence electrons. The zero-order valence-corrected chi connectivity index (χ0v) is 12.9. The first-order chi connectivity index (χ1) is 10.8. The molecule has 1 fully saturated rings. The molecule has 0 spiro atoms. The first kappa shape index (κ1) is 17.4. The van der Waals surface area contributed by atoms with Crippen LogP contribution in [0.5, 0.6) is 0 Å². The Hall–Kier alpha value is -1.97. The van der Waals surface area contributed by atoms with Gasteiger partial charge in [0.2, 0.25) is 0 Å². The number of esters is 1. The second kappa shape index (κ2) is 7.07. The van der Waals surface area contributed by atoms with E-state index in [1.54, 1.807) is 0 Å². The number of hydrogen-bond acceptors (Lipinski definition) is 7. The molecular weight excluding hydrogens is 308 g/mol. The third kappa shape index (κ3) is 3.69. The summed E-state index contributed by atoms with van der Waals surface area (Å²) in [5.74, 6) is -0.432. The third-order valence-electron chi connectivity index (χ3n) is 3.62. The molecule has 0 aliphatic carbocycles. The predicted octanol–water partition coefficient (Wildman–Crippen LogP) is -1.19. The number of nitrogens with one attached hydrogen (secondary N) is 1. The number of aromatic nitrogens is 2. The zero-order chi connectivity index (χ0) is 17.1. The highest BCUT2D eigenvalue weighted by atomic mass is 16.6. The number of ether oxygens (including phenoxy) is 2. The maximum Gasteiger partial charge on any atom is 0.330 e. The summed E-state index contributed by atoms with van der Waals surface area (Å²) in [7, 11) is 0. The van der Waals surface area contributed by atoms with E-state index >= 15 is 0 Å². The van der Waals surface area contributed by atoms with Gasteiger partial charge >= 0.3 is 11.7 Å². The summed E-state index contributed by atoms with van der Waals surface area (Å²) in [4.78, 5) is 36.7. The maximum absolute atomic E-state index is 11.8. The SMILES string of the molecule is CCCC(=O)OC[C@H]1O[C@@H](n2cc(C)c(=O)[nH]c2=O)[C@H](O)[C@H]1O. The Morgan fingerprint density at radius 1 is 1.39 bits per heavy atom. The molecule has 1 aromatic rings. The topological polar surface area (TPSA) is 131 Å². The van der Waals surface area contributed by atoms with Crippen molar-refractivity contribution in [3.05, 3.63) is 32.6 Å². The summed E-state index contributed by atoms with van der Waals surface area (Å²) in [6.07, 6.45) is -2.75. The molecule has 1 aliphatic heterocycles. The van der Waals surface area contributed by atoms with Crippen molar-refractivity contribution in [3.8, 4) is 0 Å². The maximum atomic E-state index is 11.8. The Morgan fingerprint density at radius 3 is 2.74 bits per heavy atom. The van der Waals surface area contributed by atoms with Crippen molar-refractivity contribution in [2.24, 2.45) is 0 Å². The number of hydrogen-bond donors (Lipinski definition) is 3. The summed E-state index contributed by atoms with van der Waals surface area (Å²) < 4.78 is 11.4. The summed E-state index contributed by atoms with van der Waals surface area (Å²) in [5, 5.41) is 20.1. The molecule has 1 aliphatic rings. The first-order valence-corrected chi connectivity index (χ1v) is 7.34. The fourth-order valence-corrected chi connectivity index (χ4v) is 2.32. The van der Waals surface area contributed by atoms with Gasteiger partial charge in [-0.15, -0.1) is 0 Å². The quantitative estimate of drug-likeness (QED) is 0.579. The van der Waals surface area contributed by atoms with E-state index in [9.17, 15) is 24.6 Å². The van der Waals surface area contributed by atoms with Gasteiger partial charge in [-0.25, -0.2) is 4.79 Å². The lowest BCUT2D eigenvalue weighted by molar-refractivity contribution is -0.150. The summed E-state index contributed by atoms with van der Waals surface area (Å²) in [5.41, 5.74) is -1.04. The minimum Gasteiger partial charge on any atom is -0.463 e. The number of aliphatic hydroxyl groups excluding tert-OH is 2. The summed E-state index contributed by atoms with van der Waals surface area (Å²) in [6.45, 7) is 3.09. The predicted molar refractivity (Wildman–Crippen MR) is 77.9 cm³/mol. The van der Waals surface area contributed by atoms with Gasteiger partial charge in [0.25, 0.3) is 5.56 Å². The van der Waals surface area contributed by atoms with Crippen molar-refractivity contribution >= 4 is 5.97 Å². The van der Waals surface area contributed by atoms with Gasteiger partial charge in [0, 0.05) is 18.2 Å². The zero-order valence-electron chi connectivity index (χ0n) is 12.9. The normalized spacial score (nSPS) is 27.1. The molecule has 2 heterocycles. The van der Waals surface area contributed by atoms with Gasteiger partial charge in [0.05, 0.1) is 0 Å². The van der Waals surface area contributed by atoms with E-state index in [1.165, 1.54) is 13.1 Å². The van der Waals surface area contributed by atoms with E-state index in [4.69, 9.17) is 9.47 Å². The lowest BCUT2D eigenvalue weighted by Gasteiger charge is -2.17. The molecule has 0 radical (unpaired) electrons. The monoisotopic (exact) mass is 328 g/mol. The third-order valence-corrected chi connectivity index (χ3v) is 3.62. The molecule has 23 heavy (non-hydrogen) atoms. The number of aryl methyl sites for hydroxylation is 1. The van der Waals surface area contributed by atoms with Gasteiger partial charge in [0.15, 0.2) is 6.23 Å². The Balaban J connectivity index is 2.14. The molecule has 0 unspecified atom stereocenters. The fraction of sp³-hybridized carbons (Fsp3) is 0.643. The van der Waals surface area contributed by atoms with E-state index in [1.807, 2.05) is 6.92 Å². The smallest absolute Gasteiger partial charge is 0.330 e. The molecular formula is C14H20N2O7. The number of rotatable bonds is 5. The lowest BCUT2D eigenvalue weighted by Crippen LogP contribution is -2.38. The highest BCUT2D eigenvalue weighted by Crippen LogP contribution is 2.28. The van der Waals surface area contributed by atoms with Gasteiger partial charge in [0.1, 0.15) is 24.9 Å². The van der Waals surface area contributed by atoms with Crippen molar-refractivity contribution in [1.82, 2.24) is 9.55 Å². The molecule has 2 rings (SSSR count). The second-order valence-electron chi connectivity index (χ2n) is 5.46. The van der Waals surface area contributed by atoms with Crippen LogP contribution in [0.1, 0.15) is 31.6 Å². The highest BCUT2D eigenvalue weighted by molar-refractivity contribution is 5.69. The van der Waals surface area contributed by atoms with Crippen LogP contribution in [-0.2, 0) is 14.3 Å². The van der Waals surface area contributed by atoms with Crippen LogP contribution in [0.15, 0.2) is 15.8 Å². The first-order valence-electron chi connectivity index (χ1n) is 7.34. The van der Waals surface area contributed by atoms with Crippen LogP contribution in [0.2, 0.25) is 0 Å². The summed E-state index contributed by atoms with van der Waals surface area (Å²) >= 11 is 0. The lowest BCUT2D eigenvalue weighted by atomic mass is 10.1. The molecule has 3 N–H and O–H groups in total. The molecule has 9 nitrogen and oxygen atoms in total. The summed E-state index contributed by atoms with van der Waals surface area (Å²) in [6, 6.07) is 0. The minimum atomic E-state index is -1.40. The Morgan fingerprint density at radius 2 is 2.09 bits per heavy atom. The average Bonchev–Trinajstić information content (AvgIpc) is 2.77. The number of nitrogens with zero attached hydrogens (tertiary/aromatic N) is 1. The molecule has 1 aromatic heterocycles. The number of H-pyrrole nitrogens is 1. The van der Waals surface area contributed by atoms with Crippen LogP contribution in [0.3, 0.4) is 0 Å². The van der Waals surface area contributed by atoms with Crippen LogP contribution >= 0.6 is 0 Å². The van der Waals surface area contributed by atoms with Crippen LogP contribution in [-0.4, -0.2) is 50.7 Å². The average molecular weight is 328 g/mol. The van der Waals surface area contributed by atoms with Crippen molar-refractivity contribution in [3.63, 3.8) is 0 Å². The van der Waals surface area contributed by atoms with Gasteiger partial charge in [-0.3, -0.25) is 19.1 Å². The number of aromatic amines is 1. The molecule has 0 aromatic carbocycles. The van der Waals surface area contributed by atoms with E-state index in [-0.39, 0.29) is 18.6 Å². The number of carbonyl (C=O) groups is 1. The van der Waals surface area contributed by atoms with Crippen molar-refractivity contribution in [2.45, 2.75) is 51.2 Å². The van der Waals surface area contributed by atoms with E-state index < -0.39 is 41.8 Å². The molecule has 4 atom stereocenters. The van der Waals surface area contributed by atoms with Crippen molar-refractivity contribution in [2.75, 3.05) is 6.61 Å². The largest absolute Gasteiger partial charge is 0.463 e. The van der Waals surface area contributed by atoms with Gasteiger partial charge < -0.3 is 19.7 Å². The van der Waals surface area contributed by atoms with Crippen LogP contribution in [0.25, 0.3) is 0 Å². The van der Waals surface area contributed by atoms with Crippen molar-refractivity contribution < 1.29 is 24.5 Å². The molecule has 0 amide bonds. The Labute approximate surface area is 131 Å². The molecule has 0 saturated carbocycles. The van der Waals surface area contributed by atoms with Crippen molar-refractivity contribution in [1.29, 1.82) is 0 Å². The minimum absolute atomic E-state index is 0.232. The van der Waals surface area contributed by atoms with Crippen LogP contribution < -0.4 is 11.2 Å². The Bertz CT molecular complexity index is 680. The van der Waals surface area contributed by atoms with Gasteiger partial charge in [-0.1, -0.05) is 6.92 Å². The fourth-order valence-electron chi connectivity index (χ4n) is 2.32. The van der Waals surface area contributed by atoms with E-state index in [2.05, 4.69) is 4.98 Å². The van der Waals surface area contributed by atoms with Gasteiger partial charge in [-0.05, 0) is 13.3 Å². The van der Waals surface area contributed by atoms with E-state index in [0.29, 0.717) is 6.42 Å². The molecule has 9 heteroatoms.